The summed E-state index contributed by atoms with van der Waals surface area (Å²) in [6, 6.07) is 5.98. The van der Waals surface area contributed by atoms with Crippen LogP contribution in [0.3, 0.4) is 0 Å². The highest BCUT2D eigenvalue weighted by atomic mass is 16.5. The first-order valence-corrected chi connectivity index (χ1v) is 10.9. The van der Waals surface area contributed by atoms with Crippen molar-refractivity contribution < 1.29 is 23.5 Å². The zero-order valence-electron chi connectivity index (χ0n) is 19.6. The van der Waals surface area contributed by atoms with Crippen LogP contribution in [0.2, 0.25) is 0 Å². The number of methoxy groups -OCH3 is 2. The first-order chi connectivity index (χ1) is 15.9. The Labute approximate surface area is 193 Å². The Morgan fingerprint density at radius 3 is 2.70 bits per heavy atom. The molecular weight excluding hydrogens is 424 g/mol. The highest BCUT2D eigenvalue weighted by Crippen LogP contribution is 2.26. The average molecular weight is 455 g/mol. The molecule has 1 aromatic carbocycles. The van der Waals surface area contributed by atoms with Gasteiger partial charge in [-0.2, -0.15) is 0 Å². The van der Waals surface area contributed by atoms with Crippen molar-refractivity contribution in [2.75, 3.05) is 25.7 Å². The van der Waals surface area contributed by atoms with Gasteiger partial charge in [-0.1, -0.05) is 29.3 Å². The van der Waals surface area contributed by atoms with Crippen LogP contribution in [-0.4, -0.2) is 47.4 Å². The molecule has 0 aliphatic rings. The largest absolute Gasteiger partial charge is 0.497 e. The zero-order valence-corrected chi connectivity index (χ0v) is 19.6. The van der Waals surface area contributed by atoms with Crippen molar-refractivity contribution in [1.29, 1.82) is 0 Å². The third-order valence-corrected chi connectivity index (χ3v) is 5.61. The Morgan fingerprint density at radius 1 is 1.21 bits per heavy atom. The molecule has 176 valence electrons. The van der Waals surface area contributed by atoms with E-state index in [1.807, 2.05) is 32.2 Å². The predicted molar refractivity (Wildman–Crippen MR) is 124 cm³/mol. The molecule has 3 rings (SSSR count). The van der Waals surface area contributed by atoms with Gasteiger partial charge in [-0.25, -0.2) is 4.79 Å². The molecule has 0 fully saturated rings. The monoisotopic (exact) mass is 454 g/mol. The molecule has 1 amide bonds. The molecule has 9 heteroatoms. The van der Waals surface area contributed by atoms with E-state index in [0.717, 1.165) is 35.1 Å². The quantitative estimate of drug-likeness (QED) is 0.318. The van der Waals surface area contributed by atoms with E-state index in [0.29, 0.717) is 19.4 Å². The minimum atomic E-state index is -0.744. The highest BCUT2D eigenvalue weighted by Gasteiger charge is 2.24. The van der Waals surface area contributed by atoms with E-state index < -0.39 is 5.97 Å². The SMILES string of the molecule is C=C(CC)CCC(=O)N(CCCc1cn(C)c2cc(OC)ccc12)c1nnc(C(=O)OC)o1. The number of aryl methyl sites for hydroxylation is 2. The Bertz CT molecular complexity index is 1150. The molecule has 0 atom stereocenters. The average Bonchev–Trinajstić information content (AvgIpc) is 3.44. The summed E-state index contributed by atoms with van der Waals surface area (Å²) in [7, 11) is 4.87. The van der Waals surface area contributed by atoms with E-state index in [9.17, 15) is 9.59 Å². The summed E-state index contributed by atoms with van der Waals surface area (Å²) < 4.78 is 17.4. The van der Waals surface area contributed by atoms with Crippen LogP contribution in [-0.2, 0) is 23.0 Å². The molecule has 0 saturated heterocycles. The number of allylic oxidation sites excluding steroid dienone is 1. The highest BCUT2D eigenvalue weighted by molar-refractivity contribution is 5.92. The molecule has 2 aromatic heterocycles. The van der Waals surface area contributed by atoms with Gasteiger partial charge in [0.1, 0.15) is 5.75 Å². The second kappa shape index (κ2) is 10.8. The lowest BCUT2D eigenvalue weighted by Crippen LogP contribution is -2.32. The van der Waals surface area contributed by atoms with E-state index in [-0.39, 0.29) is 24.2 Å². The number of ether oxygens (including phenoxy) is 2. The second-order valence-corrected chi connectivity index (χ2v) is 7.78. The van der Waals surface area contributed by atoms with E-state index in [4.69, 9.17) is 9.15 Å². The van der Waals surface area contributed by atoms with Crippen molar-refractivity contribution in [3.05, 3.63) is 48.0 Å². The van der Waals surface area contributed by atoms with Crippen molar-refractivity contribution >= 4 is 28.8 Å². The number of aromatic nitrogens is 3. The van der Waals surface area contributed by atoms with Gasteiger partial charge in [-0.05, 0) is 43.4 Å². The van der Waals surface area contributed by atoms with Crippen LogP contribution < -0.4 is 9.64 Å². The Morgan fingerprint density at radius 2 is 2.00 bits per heavy atom. The standard InChI is InChI=1S/C24H30N4O5/c1-6-16(2)9-12-21(29)28(24-26-25-22(33-24)23(30)32-5)13-7-8-17-15-27(3)20-14-18(31-4)10-11-19(17)20/h10-11,14-15H,2,6-9,12-13H2,1,3-5H3. The molecule has 9 nitrogen and oxygen atoms in total. The molecule has 0 aliphatic heterocycles. The van der Waals surface area contributed by atoms with Crippen LogP contribution in [0.4, 0.5) is 6.01 Å². The topological polar surface area (TPSA) is 99.7 Å². The van der Waals surface area contributed by atoms with Crippen LogP contribution in [0, 0.1) is 0 Å². The second-order valence-electron chi connectivity index (χ2n) is 7.78. The van der Waals surface area contributed by atoms with Gasteiger partial charge in [0.15, 0.2) is 0 Å². The number of carbonyl (C=O) groups is 2. The molecule has 0 N–H and O–H groups in total. The van der Waals surface area contributed by atoms with Crippen LogP contribution in [0.5, 0.6) is 5.75 Å². The number of anilines is 1. The minimum absolute atomic E-state index is 0.00910. The maximum Gasteiger partial charge on any atom is 0.396 e. The third-order valence-electron chi connectivity index (χ3n) is 5.61. The number of hydrogen-bond donors (Lipinski definition) is 0. The molecule has 0 aliphatic carbocycles. The van der Waals surface area contributed by atoms with Gasteiger partial charge in [0.05, 0.1) is 19.7 Å². The number of esters is 1. The van der Waals surface area contributed by atoms with E-state index >= 15 is 0 Å². The molecule has 0 bridgehead atoms. The lowest BCUT2D eigenvalue weighted by atomic mass is 10.1. The third kappa shape index (κ3) is 5.60. The molecular formula is C24H30N4O5. The summed E-state index contributed by atoms with van der Waals surface area (Å²) >= 11 is 0. The molecule has 2 heterocycles. The number of hydrogen-bond acceptors (Lipinski definition) is 7. The van der Waals surface area contributed by atoms with Crippen LogP contribution >= 0.6 is 0 Å². The molecule has 0 spiro atoms. The maximum absolute atomic E-state index is 13.0. The molecule has 33 heavy (non-hydrogen) atoms. The van der Waals surface area contributed by atoms with Crippen molar-refractivity contribution in [3.63, 3.8) is 0 Å². The van der Waals surface area contributed by atoms with Crippen molar-refractivity contribution in [1.82, 2.24) is 14.8 Å². The van der Waals surface area contributed by atoms with Gasteiger partial charge in [-0.15, -0.1) is 0 Å². The van der Waals surface area contributed by atoms with Gasteiger partial charge in [0, 0.05) is 37.7 Å². The van der Waals surface area contributed by atoms with Gasteiger partial charge in [0.25, 0.3) is 0 Å². The maximum atomic E-state index is 13.0. The lowest BCUT2D eigenvalue weighted by molar-refractivity contribution is -0.118. The molecule has 0 radical (unpaired) electrons. The van der Waals surface area contributed by atoms with Gasteiger partial charge >= 0.3 is 17.9 Å². The summed E-state index contributed by atoms with van der Waals surface area (Å²) in [5.74, 6) is -0.385. The predicted octanol–water partition coefficient (Wildman–Crippen LogP) is 4.07. The zero-order chi connectivity index (χ0) is 24.0. The number of benzene rings is 1. The van der Waals surface area contributed by atoms with Crippen LogP contribution in [0.15, 0.2) is 41.0 Å². The summed E-state index contributed by atoms with van der Waals surface area (Å²) in [5, 5.41) is 8.75. The normalized spacial score (nSPS) is 10.9. The number of carbonyl (C=O) groups excluding carboxylic acids is 2. The fourth-order valence-electron chi connectivity index (χ4n) is 3.62. The van der Waals surface area contributed by atoms with E-state index in [1.165, 1.54) is 17.6 Å². The fraction of sp³-hybridized carbons (Fsp3) is 0.417. The van der Waals surface area contributed by atoms with Crippen LogP contribution in [0.25, 0.3) is 10.9 Å². The van der Waals surface area contributed by atoms with Gasteiger partial charge < -0.3 is 18.5 Å². The number of nitrogens with zero attached hydrogens (tertiary/aromatic N) is 4. The summed E-state index contributed by atoms with van der Waals surface area (Å²) in [6.07, 6.45) is 5.16. The number of fused-ring (bicyclic) bond motifs is 1. The fourth-order valence-corrected chi connectivity index (χ4v) is 3.62. The molecule has 0 saturated carbocycles. The number of rotatable bonds is 11. The van der Waals surface area contributed by atoms with Gasteiger partial charge in [-0.3, -0.25) is 9.69 Å². The van der Waals surface area contributed by atoms with E-state index in [2.05, 4.69) is 32.3 Å². The Balaban J connectivity index is 1.75. The molecule has 3 aromatic rings. The summed E-state index contributed by atoms with van der Waals surface area (Å²) in [6.45, 7) is 6.34. The number of amides is 1. The summed E-state index contributed by atoms with van der Waals surface area (Å²) in [4.78, 5) is 26.1. The molecule has 0 unspecified atom stereocenters. The Hall–Kier alpha value is -3.62. The van der Waals surface area contributed by atoms with Gasteiger partial charge in [0.2, 0.25) is 5.91 Å². The lowest BCUT2D eigenvalue weighted by Gasteiger charge is -2.18. The minimum Gasteiger partial charge on any atom is -0.497 e. The van der Waals surface area contributed by atoms with E-state index in [1.54, 1.807) is 7.11 Å². The van der Waals surface area contributed by atoms with Crippen molar-refractivity contribution in [2.45, 2.75) is 39.0 Å². The first kappa shape index (κ1) is 24.0. The van der Waals surface area contributed by atoms with Crippen molar-refractivity contribution in [2.24, 2.45) is 7.05 Å². The Kier molecular flexibility index (Phi) is 7.87. The van der Waals surface area contributed by atoms with Crippen LogP contribution in [0.1, 0.15) is 48.9 Å². The van der Waals surface area contributed by atoms with Crippen molar-refractivity contribution in [3.8, 4) is 5.75 Å². The smallest absolute Gasteiger partial charge is 0.396 e. The summed E-state index contributed by atoms with van der Waals surface area (Å²) in [5.41, 5.74) is 3.24. The first-order valence-electron chi connectivity index (χ1n) is 10.9.